The van der Waals surface area contributed by atoms with Crippen LogP contribution in [-0.4, -0.2) is 49.8 Å². The van der Waals surface area contributed by atoms with Gasteiger partial charge in [-0.2, -0.15) is 13.2 Å². The van der Waals surface area contributed by atoms with Gasteiger partial charge in [-0.25, -0.2) is 0 Å². The highest BCUT2D eigenvalue weighted by Gasteiger charge is 2.27. The Morgan fingerprint density at radius 2 is 2.17 bits per heavy atom. The molecule has 1 fully saturated rings. The Morgan fingerprint density at radius 3 is 2.78 bits per heavy atom. The zero-order valence-corrected chi connectivity index (χ0v) is 10.3. The average Bonchev–Trinajstić information content (AvgIpc) is 2.27. The first-order chi connectivity index (χ1) is 8.38. The van der Waals surface area contributed by atoms with Crippen LogP contribution in [0.4, 0.5) is 13.2 Å². The van der Waals surface area contributed by atoms with Crippen LogP contribution in [0.5, 0.6) is 0 Å². The van der Waals surface area contributed by atoms with Crippen molar-refractivity contribution in [3.05, 3.63) is 0 Å². The zero-order valence-electron chi connectivity index (χ0n) is 10.3. The van der Waals surface area contributed by atoms with E-state index in [1.807, 2.05) is 0 Å². The molecule has 1 unspecified atom stereocenters. The summed E-state index contributed by atoms with van der Waals surface area (Å²) >= 11 is 0. The van der Waals surface area contributed by atoms with E-state index in [9.17, 15) is 13.2 Å². The number of nitrogens with one attached hydrogen (secondary N) is 1. The molecule has 0 spiro atoms. The van der Waals surface area contributed by atoms with Crippen molar-refractivity contribution in [1.82, 2.24) is 4.90 Å². The van der Waals surface area contributed by atoms with Crippen LogP contribution in [0, 0.1) is 11.3 Å². The number of nitrogens with two attached hydrogens (primary N) is 1. The second-order valence-electron chi connectivity index (χ2n) is 4.62. The Hall–Kier alpha value is -0.820. The molecular formula is C11H20F3N3O. The van der Waals surface area contributed by atoms with E-state index in [1.54, 1.807) is 0 Å². The minimum absolute atomic E-state index is 0.0924. The molecule has 0 saturated carbocycles. The van der Waals surface area contributed by atoms with Crippen LogP contribution in [0.15, 0.2) is 0 Å². The molecule has 1 saturated heterocycles. The average molecular weight is 267 g/mol. The summed E-state index contributed by atoms with van der Waals surface area (Å²) < 4.78 is 40.0. The fourth-order valence-corrected chi connectivity index (χ4v) is 2.09. The van der Waals surface area contributed by atoms with Gasteiger partial charge in [-0.15, -0.1) is 0 Å². The number of alkyl halides is 3. The highest BCUT2D eigenvalue weighted by Crippen LogP contribution is 2.17. The van der Waals surface area contributed by atoms with Gasteiger partial charge in [0.25, 0.3) is 0 Å². The lowest BCUT2D eigenvalue weighted by atomic mass is 9.97. The molecule has 1 heterocycles. The van der Waals surface area contributed by atoms with Crippen LogP contribution in [0.2, 0.25) is 0 Å². The van der Waals surface area contributed by atoms with Crippen molar-refractivity contribution < 1.29 is 17.9 Å². The number of ether oxygens (including phenoxy) is 1. The van der Waals surface area contributed by atoms with Gasteiger partial charge in [-0.3, -0.25) is 5.41 Å². The number of amidine groups is 1. The molecule has 1 atom stereocenters. The number of piperidine rings is 1. The third-order valence-corrected chi connectivity index (χ3v) is 2.97. The van der Waals surface area contributed by atoms with Gasteiger partial charge in [0.05, 0.1) is 5.84 Å². The van der Waals surface area contributed by atoms with Crippen LogP contribution in [-0.2, 0) is 4.74 Å². The number of hydrogen-bond donors (Lipinski definition) is 2. The molecule has 0 radical (unpaired) electrons. The van der Waals surface area contributed by atoms with Gasteiger partial charge in [-0.1, -0.05) is 0 Å². The number of likely N-dealkylation sites (tertiary alicyclic amines) is 1. The molecule has 3 N–H and O–H groups in total. The standard InChI is InChI=1S/C11H20F3N3O/c12-11(13,14)8-18-6-2-5-17-4-1-3-9(7-17)10(15)16/h9H,1-8H2,(H3,15,16). The predicted molar refractivity (Wildman–Crippen MR) is 62.6 cm³/mol. The lowest BCUT2D eigenvalue weighted by Gasteiger charge is -2.31. The van der Waals surface area contributed by atoms with Crippen LogP contribution in [0.3, 0.4) is 0 Å². The van der Waals surface area contributed by atoms with Crippen LogP contribution in [0.25, 0.3) is 0 Å². The predicted octanol–water partition coefficient (Wildman–Crippen LogP) is 1.60. The number of nitrogens with zero attached hydrogens (tertiary/aromatic N) is 1. The summed E-state index contributed by atoms with van der Waals surface area (Å²) in [5.74, 6) is 0.294. The highest BCUT2D eigenvalue weighted by atomic mass is 19.4. The van der Waals surface area contributed by atoms with E-state index in [1.165, 1.54) is 0 Å². The van der Waals surface area contributed by atoms with Crippen molar-refractivity contribution in [2.45, 2.75) is 25.4 Å². The summed E-state index contributed by atoms with van der Waals surface area (Å²) in [5.41, 5.74) is 5.46. The maximum Gasteiger partial charge on any atom is 0.411 e. The smallest absolute Gasteiger partial charge is 0.387 e. The van der Waals surface area contributed by atoms with Gasteiger partial charge in [0.15, 0.2) is 0 Å². The van der Waals surface area contributed by atoms with Crippen LogP contribution in [0.1, 0.15) is 19.3 Å². The van der Waals surface area contributed by atoms with Gasteiger partial charge >= 0.3 is 6.18 Å². The van der Waals surface area contributed by atoms with E-state index in [0.29, 0.717) is 13.0 Å². The maximum absolute atomic E-state index is 11.8. The molecule has 0 aliphatic carbocycles. The third-order valence-electron chi connectivity index (χ3n) is 2.97. The number of halogens is 3. The summed E-state index contributed by atoms with van der Waals surface area (Å²) in [6.45, 7) is 1.28. The zero-order chi connectivity index (χ0) is 13.6. The largest absolute Gasteiger partial charge is 0.411 e. The molecule has 1 aliphatic rings. The Morgan fingerprint density at radius 1 is 1.44 bits per heavy atom. The van der Waals surface area contributed by atoms with Crippen molar-refractivity contribution in [3.63, 3.8) is 0 Å². The minimum Gasteiger partial charge on any atom is -0.387 e. The van der Waals surface area contributed by atoms with E-state index in [0.717, 1.165) is 25.9 Å². The molecule has 4 nitrogen and oxygen atoms in total. The van der Waals surface area contributed by atoms with Gasteiger partial charge in [0.1, 0.15) is 6.61 Å². The van der Waals surface area contributed by atoms with Crippen molar-refractivity contribution in [2.24, 2.45) is 11.7 Å². The minimum atomic E-state index is -4.25. The molecule has 1 rings (SSSR count). The van der Waals surface area contributed by atoms with Gasteiger partial charge < -0.3 is 15.4 Å². The van der Waals surface area contributed by atoms with Crippen molar-refractivity contribution >= 4 is 5.84 Å². The molecular weight excluding hydrogens is 247 g/mol. The molecule has 106 valence electrons. The first-order valence-electron chi connectivity index (χ1n) is 6.09. The third kappa shape index (κ3) is 6.20. The Kier molecular flexibility index (Phi) is 5.87. The molecule has 0 aromatic rings. The van der Waals surface area contributed by atoms with Gasteiger partial charge in [0, 0.05) is 25.6 Å². The molecule has 0 aromatic heterocycles. The maximum atomic E-state index is 11.8. The monoisotopic (exact) mass is 267 g/mol. The summed E-state index contributed by atoms with van der Waals surface area (Å²) in [7, 11) is 0. The Bertz CT molecular complexity index is 271. The first kappa shape index (κ1) is 15.2. The SMILES string of the molecule is N=C(N)C1CCCN(CCCOCC(F)(F)F)C1. The fourth-order valence-electron chi connectivity index (χ4n) is 2.09. The summed E-state index contributed by atoms with van der Waals surface area (Å²) in [4.78, 5) is 2.13. The Balaban J connectivity index is 2.10. The van der Waals surface area contributed by atoms with Crippen LogP contribution >= 0.6 is 0 Å². The van der Waals surface area contributed by atoms with E-state index >= 15 is 0 Å². The van der Waals surface area contributed by atoms with Crippen LogP contribution < -0.4 is 5.73 Å². The second-order valence-corrected chi connectivity index (χ2v) is 4.62. The number of rotatable bonds is 6. The van der Waals surface area contributed by atoms with E-state index in [2.05, 4.69) is 9.64 Å². The molecule has 1 aliphatic heterocycles. The summed E-state index contributed by atoms with van der Waals surface area (Å²) in [6.07, 6.45) is -1.77. The molecule has 0 amide bonds. The normalized spacial score (nSPS) is 22.1. The van der Waals surface area contributed by atoms with Gasteiger partial charge in [-0.05, 0) is 25.8 Å². The van der Waals surface area contributed by atoms with E-state index in [-0.39, 0.29) is 18.4 Å². The number of hydrogen-bond acceptors (Lipinski definition) is 3. The highest BCUT2D eigenvalue weighted by molar-refractivity contribution is 5.79. The van der Waals surface area contributed by atoms with Crippen molar-refractivity contribution in [1.29, 1.82) is 5.41 Å². The second kappa shape index (κ2) is 6.94. The summed E-state index contributed by atoms with van der Waals surface area (Å²) in [5, 5.41) is 7.39. The molecule has 7 heteroatoms. The molecule has 18 heavy (non-hydrogen) atoms. The van der Waals surface area contributed by atoms with Gasteiger partial charge in [0.2, 0.25) is 0 Å². The lowest BCUT2D eigenvalue weighted by molar-refractivity contribution is -0.174. The fraction of sp³-hybridized carbons (Fsp3) is 0.909. The lowest BCUT2D eigenvalue weighted by Crippen LogP contribution is -2.41. The van der Waals surface area contributed by atoms with E-state index < -0.39 is 12.8 Å². The topological polar surface area (TPSA) is 62.3 Å². The van der Waals surface area contributed by atoms with Crippen molar-refractivity contribution in [2.75, 3.05) is 32.8 Å². The molecule has 0 bridgehead atoms. The Labute approximate surface area is 105 Å². The van der Waals surface area contributed by atoms with Crippen molar-refractivity contribution in [3.8, 4) is 0 Å². The molecule has 0 aromatic carbocycles. The first-order valence-corrected chi connectivity index (χ1v) is 6.09. The summed E-state index contributed by atoms with van der Waals surface area (Å²) in [6, 6.07) is 0. The van der Waals surface area contributed by atoms with E-state index in [4.69, 9.17) is 11.1 Å². The quantitative estimate of drug-likeness (QED) is 0.436.